The summed E-state index contributed by atoms with van der Waals surface area (Å²) in [6.45, 7) is 3.31. The van der Waals surface area contributed by atoms with Crippen LogP contribution in [0.3, 0.4) is 0 Å². The van der Waals surface area contributed by atoms with Crippen molar-refractivity contribution >= 4 is 5.97 Å². The Balaban J connectivity index is 2.08. The van der Waals surface area contributed by atoms with Gasteiger partial charge in [-0.05, 0) is 18.6 Å². The fourth-order valence-electron chi connectivity index (χ4n) is 2.99. The summed E-state index contributed by atoms with van der Waals surface area (Å²) in [7, 11) is 0. The first-order valence-electron chi connectivity index (χ1n) is 7.22. The minimum absolute atomic E-state index is 0.0214. The Hall–Kier alpha value is -2.17. The van der Waals surface area contributed by atoms with Gasteiger partial charge in [-0.3, -0.25) is 9.59 Å². The zero-order chi connectivity index (χ0) is 15.7. The van der Waals surface area contributed by atoms with Crippen LogP contribution in [0.1, 0.15) is 30.2 Å². The van der Waals surface area contributed by atoms with Gasteiger partial charge in [-0.15, -0.1) is 0 Å². The Morgan fingerprint density at radius 3 is 2.86 bits per heavy atom. The molecule has 3 heterocycles. The molecule has 0 radical (unpaired) electrons. The number of hydrogen-bond acceptors (Lipinski definition) is 6. The smallest absolute Gasteiger partial charge is 0.310 e. The Labute approximate surface area is 127 Å². The van der Waals surface area contributed by atoms with Crippen LogP contribution in [0.5, 0.6) is 0 Å². The highest BCUT2D eigenvalue weighted by Crippen LogP contribution is 2.39. The molecule has 1 aromatic rings. The highest BCUT2D eigenvalue weighted by Gasteiger charge is 2.45. The van der Waals surface area contributed by atoms with E-state index in [1.165, 1.54) is 4.57 Å². The molecule has 1 fully saturated rings. The molecule has 0 atom stereocenters. The van der Waals surface area contributed by atoms with Crippen LogP contribution >= 0.6 is 0 Å². The van der Waals surface area contributed by atoms with E-state index in [0.29, 0.717) is 37.4 Å². The number of rotatable bonds is 3. The van der Waals surface area contributed by atoms with Crippen LogP contribution in [0.25, 0.3) is 0 Å². The molecule has 3 rings (SSSR count). The van der Waals surface area contributed by atoms with Crippen molar-refractivity contribution in [2.75, 3.05) is 19.8 Å². The molecular formula is C15H16N2O5. The normalized spacial score (nSPS) is 18.2. The second-order valence-corrected chi connectivity index (χ2v) is 5.18. The highest BCUT2D eigenvalue weighted by molar-refractivity contribution is 5.73. The Kier molecular flexibility index (Phi) is 3.72. The number of carbonyl (C=O) groups is 1. The van der Waals surface area contributed by atoms with Crippen molar-refractivity contribution in [2.24, 2.45) is 0 Å². The zero-order valence-electron chi connectivity index (χ0n) is 12.3. The molecule has 2 aliphatic heterocycles. The molecule has 0 unspecified atom stereocenters. The van der Waals surface area contributed by atoms with Gasteiger partial charge in [0.15, 0.2) is 0 Å². The molecule has 116 valence electrons. The van der Waals surface area contributed by atoms with Gasteiger partial charge in [0.05, 0.1) is 31.9 Å². The van der Waals surface area contributed by atoms with Crippen molar-refractivity contribution in [3.05, 3.63) is 33.2 Å². The van der Waals surface area contributed by atoms with Crippen molar-refractivity contribution in [1.82, 2.24) is 4.57 Å². The number of pyridine rings is 1. The highest BCUT2D eigenvalue weighted by atomic mass is 16.7. The number of nitrogens with zero attached hydrogens (tertiary/aromatic N) is 2. The summed E-state index contributed by atoms with van der Waals surface area (Å²) in [5.74, 6) is -1.39. The minimum atomic E-state index is -0.920. The third kappa shape index (κ3) is 2.21. The van der Waals surface area contributed by atoms with Gasteiger partial charge < -0.3 is 18.8 Å². The van der Waals surface area contributed by atoms with E-state index in [2.05, 4.69) is 0 Å². The summed E-state index contributed by atoms with van der Waals surface area (Å²) in [6, 6.07) is 3.56. The lowest BCUT2D eigenvalue weighted by Crippen LogP contribution is -2.30. The first-order chi connectivity index (χ1) is 10.6. The van der Waals surface area contributed by atoms with Crippen molar-refractivity contribution in [3.63, 3.8) is 0 Å². The topological polar surface area (TPSA) is 90.6 Å². The van der Waals surface area contributed by atoms with Crippen LogP contribution in [0.15, 0.2) is 10.9 Å². The largest absolute Gasteiger partial charge is 0.466 e. The number of fused-ring (bicyclic) bond motifs is 2. The monoisotopic (exact) mass is 304 g/mol. The Morgan fingerprint density at radius 1 is 1.50 bits per heavy atom. The number of ether oxygens (including phenoxy) is 3. The van der Waals surface area contributed by atoms with Crippen molar-refractivity contribution in [1.29, 1.82) is 5.26 Å². The molecule has 0 saturated carbocycles. The molecular weight excluding hydrogens is 288 g/mol. The predicted octanol–water partition coefficient (Wildman–Crippen LogP) is 0.429. The summed E-state index contributed by atoms with van der Waals surface area (Å²) in [6.07, 6.45) is 0.409. The number of nitriles is 1. The van der Waals surface area contributed by atoms with Crippen LogP contribution in [-0.4, -0.2) is 30.4 Å². The van der Waals surface area contributed by atoms with E-state index in [-0.39, 0.29) is 18.6 Å². The van der Waals surface area contributed by atoms with Gasteiger partial charge in [-0.1, -0.05) is 0 Å². The third-order valence-corrected chi connectivity index (χ3v) is 3.94. The maximum Gasteiger partial charge on any atom is 0.310 e. The molecule has 22 heavy (non-hydrogen) atoms. The van der Waals surface area contributed by atoms with Crippen molar-refractivity contribution < 1.29 is 19.0 Å². The second kappa shape index (κ2) is 5.55. The fourth-order valence-corrected chi connectivity index (χ4v) is 2.99. The van der Waals surface area contributed by atoms with E-state index in [9.17, 15) is 14.9 Å². The molecule has 7 nitrogen and oxygen atoms in total. The molecule has 2 aliphatic rings. The van der Waals surface area contributed by atoms with E-state index in [1.807, 2.05) is 6.07 Å². The number of hydrogen-bond donors (Lipinski definition) is 0. The van der Waals surface area contributed by atoms with E-state index >= 15 is 0 Å². The van der Waals surface area contributed by atoms with Crippen LogP contribution in [-0.2, 0) is 37.8 Å². The minimum Gasteiger partial charge on any atom is -0.466 e. The van der Waals surface area contributed by atoms with Gasteiger partial charge in [0, 0.05) is 13.0 Å². The van der Waals surface area contributed by atoms with E-state index in [0.717, 1.165) is 0 Å². The predicted molar refractivity (Wildman–Crippen MR) is 74.0 cm³/mol. The zero-order valence-corrected chi connectivity index (χ0v) is 12.3. The standard InChI is InChI=1S/C15H16N2O5/c1-2-20-13(18)8-10-7-12-15(21-5-6-22-15)3-4-17(12)14(19)11(10)9-16/h7H,2-6,8H2,1H3. The third-order valence-electron chi connectivity index (χ3n) is 3.94. The lowest BCUT2D eigenvalue weighted by atomic mass is 10.0. The fraction of sp³-hybridized carbons (Fsp3) is 0.533. The van der Waals surface area contributed by atoms with Crippen LogP contribution in [0.2, 0.25) is 0 Å². The summed E-state index contributed by atoms with van der Waals surface area (Å²) in [4.78, 5) is 24.2. The lowest BCUT2D eigenvalue weighted by Gasteiger charge is -2.22. The van der Waals surface area contributed by atoms with Gasteiger partial charge in [-0.25, -0.2) is 0 Å². The molecule has 0 amide bonds. The summed E-state index contributed by atoms with van der Waals surface area (Å²) in [5, 5.41) is 9.25. The van der Waals surface area contributed by atoms with Gasteiger partial charge in [0.2, 0.25) is 5.79 Å². The molecule has 0 aromatic carbocycles. The van der Waals surface area contributed by atoms with Gasteiger partial charge in [0.25, 0.3) is 5.56 Å². The van der Waals surface area contributed by atoms with E-state index < -0.39 is 17.3 Å². The van der Waals surface area contributed by atoms with Crippen molar-refractivity contribution in [3.8, 4) is 6.07 Å². The molecule has 0 N–H and O–H groups in total. The number of aromatic nitrogens is 1. The quantitative estimate of drug-likeness (QED) is 0.752. The van der Waals surface area contributed by atoms with E-state index in [1.54, 1.807) is 13.0 Å². The Morgan fingerprint density at radius 2 is 2.23 bits per heavy atom. The summed E-state index contributed by atoms with van der Waals surface area (Å²) >= 11 is 0. The Bertz CT molecular complexity index is 710. The first kappa shape index (κ1) is 14.8. The van der Waals surface area contributed by atoms with Gasteiger partial charge in [0.1, 0.15) is 11.6 Å². The van der Waals surface area contributed by atoms with Crippen molar-refractivity contribution in [2.45, 2.75) is 32.1 Å². The van der Waals surface area contributed by atoms with Crippen LogP contribution in [0, 0.1) is 11.3 Å². The number of carbonyl (C=O) groups excluding carboxylic acids is 1. The second-order valence-electron chi connectivity index (χ2n) is 5.18. The molecule has 0 bridgehead atoms. The first-order valence-corrected chi connectivity index (χ1v) is 7.22. The molecule has 0 aliphatic carbocycles. The van der Waals surface area contributed by atoms with Gasteiger partial charge in [-0.2, -0.15) is 5.26 Å². The molecule has 1 saturated heterocycles. The molecule has 1 aromatic heterocycles. The SMILES string of the molecule is CCOC(=O)Cc1cc2n(c(=O)c1C#N)CCC21OCCO1. The van der Waals surface area contributed by atoms with Gasteiger partial charge >= 0.3 is 5.97 Å². The number of esters is 1. The molecule has 7 heteroatoms. The lowest BCUT2D eigenvalue weighted by molar-refractivity contribution is -0.163. The maximum absolute atomic E-state index is 12.5. The van der Waals surface area contributed by atoms with Crippen LogP contribution < -0.4 is 5.56 Å². The summed E-state index contributed by atoms with van der Waals surface area (Å²) in [5.41, 5.74) is 0.507. The summed E-state index contributed by atoms with van der Waals surface area (Å²) < 4.78 is 17.8. The average Bonchev–Trinajstić information content (AvgIpc) is 3.09. The van der Waals surface area contributed by atoms with Crippen LogP contribution in [0.4, 0.5) is 0 Å². The van der Waals surface area contributed by atoms with E-state index in [4.69, 9.17) is 14.2 Å². The maximum atomic E-state index is 12.5. The average molecular weight is 304 g/mol. The molecule has 1 spiro atoms.